The number of aryl methyl sites for hydroxylation is 1. The highest BCUT2D eigenvalue weighted by molar-refractivity contribution is 7.09. The third kappa shape index (κ3) is 7.57. The molecule has 2 heterocycles. The highest BCUT2D eigenvalue weighted by Gasteiger charge is 2.42. The summed E-state index contributed by atoms with van der Waals surface area (Å²) in [6, 6.07) is 0. The fourth-order valence-corrected chi connectivity index (χ4v) is 5.17. The minimum atomic E-state index is -1.37. The molecule has 1 aliphatic rings. The van der Waals surface area contributed by atoms with Crippen molar-refractivity contribution in [2.75, 3.05) is 0 Å². The van der Waals surface area contributed by atoms with Gasteiger partial charge in [-0.2, -0.15) is 0 Å². The number of cyclic esters (lactones) is 1. The topological polar surface area (TPSA) is 93.6 Å². The molecule has 7 heteroatoms. The first-order valence-electron chi connectivity index (χ1n) is 12.4. The SMILES string of the molecule is CC(=Cc1csc(C)n1)C1CCC(C)CCCC(C)C(O)C(C)C(=O)C(C)(C)C(=O)CC(=O)O1. The van der Waals surface area contributed by atoms with Gasteiger partial charge in [-0.3, -0.25) is 14.4 Å². The smallest absolute Gasteiger partial charge is 0.313 e. The molecule has 190 valence electrons. The number of hydrogen-bond donors (Lipinski definition) is 1. The van der Waals surface area contributed by atoms with Crippen LogP contribution >= 0.6 is 11.3 Å². The van der Waals surface area contributed by atoms with Crippen molar-refractivity contribution in [3.63, 3.8) is 0 Å². The van der Waals surface area contributed by atoms with Crippen molar-refractivity contribution < 1.29 is 24.2 Å². The largest absolute Gasteiger partial charge is 0.458 e. The Balaban J connectivity index is 2.28. The van der Waals surface area contributed by atoms with Crippen LogP contribution in [0, 0.1) is 30.1 Å². The molecule has 0 amide bonds. The molecule has 1 saturated heterocycles. The van der Waals surface area contributed by atoms with E-state index in [0.29, 0.717) is 12.3 Å². The lowest BCUT2D eigenvalue weighted by Crippen LogP contribution is -2.43. The van der Waals surface area contributed by atoms with E-state index < -0.39 is 41.7 Å². The minimum absolute atomic E-state index is 0.0468. The lowest BCUT2D eigenvalue weighted by atomic mass is 9.73. The van der Waals surface area contributed by atoms with E-state index in [1.54, 1.807) is 18.3 Å². The highest BCUT2D eigenvalue weighted by atomic mass is 32.1. The summed E-state index contributed by atoms with van der Waals surface area (Å²) in [4.78, 5) is 43.4. The number of carbonyl (C=O) groups excluding carboxylic acids is 3. The van der Waals surface area contributed by atoms with Crippen LogP contribution in [0.3, 0.4) is 0 Å². The number of rotatable bonds is 2. The quantitative estimate of drug-likeness (QED) is 0.430. The number of ketones is 2. The predicted octanol–water partition coefficient (Wildman–Crippen LogP) is 5.55. The fraction of sp³-hybridized carbons (Fsp3) is 0.704. The zero-order chi connectivity index (χ0) is 25.6. The standard InChI is InChI=1S/C27H41NO5S/c1-16-9-8-10-17(2)25(31)19(4)26(32)27(6,7)23(29)14-24(30)33-22(12-11-16)18(3)13-21-15-34-20(5)28-21/h13,15-17,19,22,25,31H,8-12,14H2,1-7H3. The van der Waals surface area contributed by atoms with Gasteiger partial charge >= 0.3 is 5.97 Å². The maximum absolute atomic E-state index is 13.1. The number of ether oxygens (including phenoxy) is 1. The van der Waals surface area contributed by atoms with Crippen molar-refractivity contribution >= 4 is 34.9 Å². The first-order chi connectivity index (χ1) is 15.8. The molecule has 0 saturated carbocycles. The second-order valence-electron chi connectivity index (χ2n) is 10.6. The van der Waals surface area contributed by atoms with Gasteiger partial charge in [0.05, 0.1) is 22.2 Å². The molecule has 0 spiro atoms. The third-order valence-electron chi connectivity index (χ3n) is 7.20. The summed E-state index contributed by atoms with van der Waals surface area (Å²) >= 11 is 1.56. The second-order valence-corrected chi connectivity index (χ2v) is 11.7. The van der Waals surface area contributed by atoms with Crippen LogP contribution in [-0.4, -0.2) is 39.8 Å². The summed E-state index contributed by atoms with van der Waals surface area (Å²) in [7, 11) is 0. The van der Waals surface area contributed by atoms with E-state index in [-0.39, 0.29) is 11.7 Å². The molecule has 2 rings (SSSR count). The van der Waals surface area contributed by atoms with Crippen LogP contribution in [-0.2, 0) is 19.1 Å². The van der Waals surface area contributed by atoms with Crippen molar-refractivity contribution in [2.45, 2.75) is 99.2 Å². The van der Waals surface area contributed by atoms with Crippen LogP contribution in [0.2, 0.25) is 0 Å². The van der Waals surface area contributed by atoms with Gasteiger partial charge in [0.2, 0.25) is 0 Å². The molecule has 0 aromatic carbocycles. The fourth-order valence-electron chi connectivity index (χ4n) is 4.60. The van der Waals surface area contributed by atoms with Crippen LogP contribution in [0.1, 0.15) is 90.8 Å². The Hall–Kier alpha value is -1.86. The second kappa shape index (κ2) is 12.2. The molecule has 5 atom stereocenters. The van der Waals surface area contributed by atoms with Crippen LogP contribution < -0.4 is 0 Å². The molecule has 6 nitrogen and oxygen atoms in total. The zero-order valence-corrected chi connectivity index (χ0v) is 22.5. The molecule has 0 radical (unpaired) electrons. The number of hydrogen-bond acceptors (Lipinski definition) is 7. The lowest BCUT2D eigenvalue weighted by molar-refractivity contribution is -0.153. The summed E-state index contributed by atoms with van der Waals surface area (Å²) in [6.07, 6.45) is 4.50. The third-order valence-corrected chi connectivity index (χ3v) is 7.99. The van der Waals surface area contributed by atoms with Crippen molar-refractivity contribution in [2.24, 2.45) is 23.2 Å². The Morgan fingerprint density at radius 2 is 1.82 bits per heavy atom. The van der Waals surface area contributed by atoms with Gasteiger partial charge in [0.1, 0.15) is 12.5 Å². The van der Waals surface area contributed by atoms with Gasteiger partial charge in [-0.25, -0.2) is 4.98 Å². The van der Waals surface area contributed by atoms with Crippen LogP contribution in [0.15, 0.2) is 11.0 Å². The van der Waals surface area contributed by atoms with E-state index in [2.05, 4.69) is 11.9 Å². The highest BCUT2D eigenvalue weighted by Crippen LogP contribution is 2.31. The summed E-state index contributed by atoms with van der Waals surface area (Å²) in [5.41, 5.74) is 0.351. The maximum Gasteiger partial charge on any atom is 0.313 e. The Bertz CT molecular complexity index is 903. The number of aromatic nitrogens is 1. The Kier molecular flexibility index (Phi) is 10.2. The van der Waals surface area contributed by atoms with Crippen molar-refractivity contribution in [3.05, 3.63) is 21.7 Å². The van der Waals surface area contributed by atoms with Gasteiger partial charge in [0.25, 0.3) is 0 Å². The molecule has 1 fully saturated rings. The van der Waals surface area contributed by atoms with Crippen LogP contribution in [0.4, 0.5) is 0 Å². The minimum Gasteiger partial charge on any atom is -0.458 e. The van der Waals surface area contributed by atoms with E-state index in [9.17, 15) is 19.5 Å². The number of nitrogens with zero attached hydrogens (tertiary/aromatic N) is 1. The molecule has 1 N–H and O–H groups in total. The number of esters is 1. The molecule has 5 unspecified atom stereocenters. The number of carbonyl (C=O) groups is 3. The Morgan fingerprint density at radius 3 is 2.44 bits per heavy atom. The molecule has 0 aliphatic carbocycles. The van der Waals surface area contributed by atoms with E-state index in [1.807, 2.05) is 32.2 Å². The van der Waals surface area contributed by atoms with E-state index in [1.165, 1.54) is 13.8 Å². The van der Waals surface area contributed by atoms with Crippen molar-refractivity contribution in [1.82, 2.24) is 4.98 Å². The summed E-state index contributed by atoms with van der Waals surface area (Å²) in [5, 5.41) is 13.7. The molecule has 1 aromatic heterocycles. The Labute approximate surface area is 208 Å². The van der Waals surface area contributed by atoms with Crippen LogP contribution in [0.5, 0.6) is 0 Å². The van der Waals surface area contributed by atoms with Gasteiger partial charge in [-0.15, -0.1) is 11.3 Å². The van der Waals surface area contributed by atoms with Gasteiger partial charge in [0.15, 0.2) is 11.6 Å². The number of aliphatic hydroxyl groups excluding tert-OH is 1. The van der Waals surface area contributed by atoms with Gasteiger partial charge in [-0.05, 0) is 70.4 Å². The summed E-state index contributed by atoms with van der Waals surface area (Å²) in [6.45, 7) is 12.8. The van der Waals surface area contributed by atoms with Gasteiger partial charge in [-0.1, -0.05) is 33.6 Å². The molecule has 34 heavy (non-hydrogen) atoms. The average Bonchev–Trinajstić information content (AvgIpc) is 3.18. The van der Waals surface area contributed by atoms with E-state index in [4.69, 9.17) is 4.74 Å². The maximum atomic E-state index is 13.1. The van der Waals surface area contributed by atoms with Crippen molar-refractivity contribution in [1.29, 1.82) is 0 Å². The number of aliphatic hydroxyl groups is 1. The summed E-state index contributed by atoms with van der Waals surface area (Å²) in [5.74, 6) is -1.75. The van der Waals surface area contributed by atoms with Crippen LogP contribution in [0.25, 0.3) is 6.08 Å². The monoisotopic (exact) mass is 491 g/mol. The Morgan fingerprint density at radius 1 is 1.15 bits per heavy atom. The molecule has 1 aromatic rings. The normalized spacial score (nSPS) is 30.8. The molecular formula is C27H41NO5S. The van der Waals surface area contributed by atoms with Crippen molar-refractivity contribution in [3.8, 4) is 0 Å². The zero-order valence-electron chi connectivity index (χ0n) is 21.7. The van der Waals surface area contributed by atoms with E-state index >= 15 is 0 Å². The average molecular weight is 492 g/mol. The predicted molar refractivity (Wildman–Crippen MR) is 135 cm³/mol. The number of Topliss-reactive ketones (excluding diaryl/α,β-unsaturated/α-hetero) is 2. The lowest BCUT2D eigenvalue weighted by Gasteiger charge is -2.31. The van der Waals surface area contributed by atoms with Gasteiger partial charge in [0, 0.05) is 11.3 Å². The molecular weight excluding hydrogens is 450 g/mol. The van der Waals surface area contributed by atoms with Gasteiger partial charge < -0.3 is 9.84 Å². The van der Waals surface area contributed by atoms with E-state index in [0.717, 1.165) is 42.0 Å². The summed E-state index contributed by atoms with van der Waals surface area (Å²) < 4.78 is 5.79. The number of thiazole rings is 1. The molecule has 0 bridgehead atoms. The first-order valence-corrected chi connectivity index (χ1v) is 13.3. The first kappa shape index (κ1) is 28.4. The molecule has 1 aliphatic heterocycles.